The highest BCUT2D eigenvalue weighted by Gasteiger charge is 2.12. The average molecular weight is 404 g/mol. The number of ketones is 1. The predicted molar refractivity (Wildman–Crippen MR) is 98.7 cm³/mol. The number of hydrogen-bond acceptors (Lipinski definition) is 4. The molecule has 0 bridgehead atoms. The highest BCUT2D eigenvalue weighted by molar-refractivity contribution is 9.10. The van der Waals surface area contributed by atoms with Crippen molar-refractivity contribution in [3.63, 3.8) is 0 Å². The van der Waals surface area contributed by atoms with Crippen molar-refractivity contribution in [2.75, 3.05) is 11.9 Å². The molecule has 1 amide bonds. The summed E-state index contributed by atoms with van der Waals surface area (Å²) in [5, 5.41) is 2.75. The van der Waals surface area contributed by atoms with Gasteiger partial charge in [0.25, 0.3) is 0 Å². The van der Waals surface area contributed by atoms with E-state index in [-0.39, 0.29) is 18.3 Å². The minimum absolute atomic E-state index is 0.0648. The number of carbonyl (C=O) groups is 3. The Morgan fingerprint density at radius 1 is 0.960 bits per heavy atom. The molecule has 0 aromatic heterocycles. The van der Waals surface area contributed by atoms with Gasteiger partial charge >= 0.3 is 5.97 Å². The largest absolute Gasteiger partial charge is 0.454 e. The quantitative estimate of drug-likeness (QED) is 0.554. The van der Waals surface area contributed by atoms with Crippen LogP contribution in [0.25, 0.3) is 0 Å². The van der Waals surface area contributed by atoms with Crippen molar-refractivity contribution in [2.45, 2.75) is 19.8 Å². The number of carbonyl (C=O) groups excluding carboxylic acids is 3. The first-order chi connectivity index (χ1) is 12.0. The van der Waals surface area contributed by atoms with Crippen LogP contribution in [0.5, 0.6) is 0 Å². The lowest BCUT2D eigenvalue weighted by atomic mass is 10.1. The molecule has 0 spiro atoms. The van der Waals surface area contributed by atoms with Crippen molar-refractivity contribution in [1.29, 1.82) is 0 Å². The van der Waals surface area contributed by atoms with Gasteiger partial charge in [0.15, 0.2) is 12.4 Å². The first-order valence-electron chi connectivity index (χ1n) is 7.85. The van der Waals surface area contributed by atoms with Gasteiger partial charge in [0.2, 0.25) is 5.91 Å². The lowest BCUT2D eigenvalue weighted by Crippen LogP contribution is -2.14. The molecule has 2 aromatic carbocycles. The molecule has 0 aliphatic carbocycles. The number of amides is 1. The lowest BCUT2D eigenvalue weighted by molar-refractivity contribution is -0.116. The molecule has 0 unspecified atom stereocenters. The van der Waals surface area contributed by atoms with Crippen molar-refractivity contribution in [3.8, 4) is 0 Å². The molecule has 1 N–H and O–H groups in total. The van der Waals surface area contributed by atoms with Gasteiger partial charge < -0.3 is 10.1 Å². The van der Waals surface area contributed by atoms with Gasteiger partial charge in [0, 0.05) is 22.1 Å². The van der Waals surface area contributed by atoms with E-state index in [1.807, 2.05) is 6.92 Å². The Morgan fingerprint density at radius 3 is 2.16 bits per heavy atom. The van der Waals surface area contributed by atoms with E-state index in [1.54, 1.807) is 48.5 Å². The van der Waals surface area contributed by atoms with Crippen LogP contribution in [0.2, 0.25) is 0 Å². The lowest BCUT2D eigenvalue weighted by Gasteiger charge is -2.07. The molecule has 0 saturated carbocycles. The number of anilines is 1. The topological polar surface area (TPSA) is 72.5 Å². The Labute approximate surface area is 154 Å². The third-order valence-electron chi connectivity index (χ3n) is 3.38. The summed E-state index contributed by atoms with van der Waals surface area (Å²) < 4.78 is 5.89. The summed E-state index contributed by atoms with van der Waals surface area (Å²) in [6.07, 6.45) is 1.22. The van der Waals surface area contributed by atoms with E-state index in [0.29, 0.717) is 23.2 Å². The molecule has 0 heterocycles. The summed E-state index contributed by atoms with van der Waals surface area (Å²) >= 11 is 3.28. The molecular formula is C19H18BrNO4. The summed E-state index contributed by atoms with van der Waals surface area (Å²) in [6, 6.07) is 13.2. The van der Waals surface area contributed by atoms with E-state index in [0.717, 1.165) is 10.9 Å². The zero-order chi connectivity index (χ0) is 18.2. The van der Waals surface area contributed by atoms with Crippen molar-refractivity contribution in [1.82, 2.24) is 0 Å². The fraction of sp³-hybridized carbons (Fsp3) is 0.211. The Morgan fingerprint density at radius 2 is 1.56 bits per heavy atom. The number of halogens is 1. The second kappa shape index (κ2) is 9.13. The molecule has 0 aliphatic heterocycles. The SMILES string of the molecule is CCCC(=O)Nc1ccc(C(=O)COC(=O)c2ccc(Br)cc2)cc1. The average Bonchev–Trinajstić information content (AvgIpc) is 2.61. The molecule has 0 saturated heterocycles. The van der Waals surface area contributed by atoms with Crippen LogP contribution < -0.4 is 5.32 Å². The number of rotatable bonds is 7. The number of nitrogens with one attached hydrogen (secondary N) is 1. The zero-order valence-electron chi connectivity index (χ0n) is 13.8. The molecule has 6 heteroatoms. The fourth-order valence-corrected chi connectivity index (χ4v) is 2.34. The highest BCUT2D eigenvalue weighted by Crippen LogP contribution is 2.13. The van der Waals surface area contributed by atoms with Crippen LogP contribution in [0.1, 0.15) is 40.5 Å². The fourth-order valence-electron chi connectivity index (χ4n) is 2.07. The molecule has 0 atom stereocenters. The van der Waals surface area contributed by atoms with Crippen LogP contribution in [0.3, 0.4) is 0 Å². The number of hydrogen-bond donors (Lipinski definition) is 1. The summed E-state index contributed by atoms with van der Waals surface area (Å²) in [5.41, 5.74) is 1.42. The highest BCUT2D eigenvalue weighted by atomic mass is 79.9. The smallest absolute Gasteiger partial charge is 0.338 e. The van der Waals surface area contributed by atoms with Gasteiger partial charge in [0.1, 0.15) is 0 Å². The van der Waals surface area contributed by atoms with Gasteiger partial charge in [0.05, 0.1) is 5.56 Å². The van der Waals surface area contributed by atoms with Crippen LogP contribution in [-0.2, 0) is 9.53 Å². The van der Waals surface area contributed by atoms with E-state index in [2.05, 4.69) is 21.2 Å². The van der Waals surface area contributed by atoms with Gasteiger partial charge in [-0.05, 0) is 55.0 Å². The van der Waals surface area contributed by atoms with E-state index >= 15 is 0 Å². The molecule has 0 fully saturated rings. The van der Waals surface area contributed by atoms with Crippen LogP contribution in [0.15, 0.2) is 53.0 Å². The van der Waals surface area contributed by atoms with Crippen LogP contribution in [-0.4, -0.2) is 24.3 Å². The maximum absolute atomic E-state index is 12.1. The first kappa shape index (κ1) is 18.9. The summed E-state index contributed by atoms with van der Waals surface area (Å²) in [5.74, 6) is -0.925. The van der Waals surface area contributed by atoms with Crippen molar-refractivity contribution in [3.05, 3.63) is 64.1 Å². The normalized spacial score (nSPS) is 10.2. The summed E-state index contributed by atoms with van der Waals surface area (Å²) in [7, 11) is 0. The van der Waals surface area contributed by atoms with E-state index in [9.17, 15) is 14.4 Å². The van der Waals surface area contributed by atoms with Crippen molar-refractivity contribution < 1.29 is 19.1 Å². The molecule has 130 valence electrons. The number of ether oxygens (including phenoxy) is 1. The van der Waals surface area contributed by atoms with Gasteiger partial charge in [-0.3, -0.25) is 9.59 Å². The van der Waals surface area contributed by atoms with E-state index in [1.165, 1.54) is 0 Å². The van der Waals surface area contributed by atoms with Crippen LogP contribution >= 0.6 is 15.9 Å². The predicted octanol–water partition coefficient (Wildman–Crippen LogP) is 4.23. The molecule has 2 rings (SSSR count). The maximum atomic E-state index is 12.1. The second-order valence-corrected chi connectivity index (χ2v) is 6.30. The van der Waals surface area contributed by atoms with Crippen LogP contribution in [0.4, 0.5) is 5.69 Å². The Bertz CT molecular complexity index is 754. The molecular weight excluding hydrogens is 386 g/mol. The van der Waals surface area contributed by atoms with Gasteiger partial charge in [-0.25, -0.2) is 4.79 Å². The van der Waals surface area contributed by atoms with Crippen molar-refractivity contribution >= 4 is 39.3 Å². The summed E-state index contributed by atoms with van der Waals surface area (Å²) in [6.45, 7) is 1.59. The number of benzene rings is 2. The third-order valence-corrected chi connectivity index (χ3v) is 3.91. The first-order valence-corrected chi connectivity index (χ1v) is 8.64. The summed E-state index contributed by atoms with van der Waals surface area (Å²) in [4.78, 5) is 35.5. The molecule has 25 heavy (non-hydrogen) atoms. The maximum Gasteiger partial charge on any atom is 0.338 e. The number of esters is 1. The molecule has 5 nitrogen and oxygen atoms in total. The Balaban J connectivity index is 1.89. The number of Topliss-reactive ketones (excluding diaryl/α,β-unsaturated/α-hetero) is 1. The molecule has 0 aliphatic rings. The Hall–Kier alpha value is -2.47. The third kappa shape index (κ3) is 5.83. The minimum atomic E-state index is -0.552. The molecule has 0 radical (unpaired) electrons. The minimum Gasteiger partial charge on any atom is -0.454 e. The van der Waals surface area contributed by atoms with E-state index in [4.69, 9.17) is 4.74 Å². The second-order valence-electron chi connectivity index (χ2n) is 5.38. The Kier molecular flexibility index (Phi) is 6.89. The monoisotopic (exact) mass is 403 g/mol. The van der Waals surface area contributed by atoms with Gasteiger partial charge in [-0.1, -0.05) is 22.9 Å². The zero-order valence-corrected chi connectivity index (χ0v) is 15.3. The van der Waals surface area contributed by atoms with Crippen molar-refractivity contribution in [2.24, 2.45) is 0 Å². The van der Waals surface area contributed by atoms with Crippen LogP contribution in [0, 0.1) is 0 Å². The van der Waals surface area contributed by atoms with Gasteiger partial charge in [-0.15, -0.1) is 0 Å². The standard InChI is InChI=1S/C19H18BrNO4/c1-2-3-18(23)21-16-10-6-13(7-11-16)17(22)12-25-19(24)14-4-8-15(20)9-5-14/h4-11H,2-3,12H2,1H3,(H,21,23). The van der Waals surface area contributed by atoms with Gasteiger partial charge in [-0.2, -0.15) is 0 Å². The van der Waals surface area contributed by atoms with E-state index < -0.39 is 5.97 Å². The molecule has 2 aromatic rings.